The maximum absolute atomic E-state index is 9.83. The molecule has 124 valence electrons. The van der Waals surface area contributed by atoms with E-state index in [0.717, 1.165) is 11.1 Å². The lowest BCUT2D eigenvalue weighted by atomic mass is 9.79. The summed E-state index contributed by atoms with van der Waals surface area (Å²) in [5.74, 6) is 0.650. The molecule has 0 saturated carbocycles. The monoisotopic (exact) mass is 417 g/mol. The number of hydrogen-bond donors (Lipinski definition) is 2. The first kappa shape index (κ1) is 18.3. The first-order valence-corrected chi connectivity index (χ1v) is 9.47. The van der Waals surface area contributed by atoms with Crippen molar-refractivity contribution >= 4 is 81.4 Å². The zero-order valence-corrected chi connectivity index (χ0v) is 16.1. The summed E-state index contributed by atoms with van der Waals surface area (Å²) < 4.78 is 5.74. The lowest BCUT2D eigenvalue weighted by Gasteiger charge is -2.12. The van der Waals surface area contributed by atoms with Crippen LogP contribution in [0.4, 0.5) is 5.69 Å². The van der Waals surface area contributed by atoms with Gasteiger partial charge in [-0.25, -0.2) is 0 Å². The molecule has 0 aliphatic carbocycles. The third-order valence-electron chi connectivity index (χ3n) is 3.50. The maximum Gasteiger partial charge on any atom is 0.493 e. The third-order valence-corrected chi connectivity index (χ3v) is 5.95. The number of benzene rings is 2. The van der Waals surface area contributed by atoms with Crippen LogP contribution in [0.15, 0.2) is 30.3 Å². The highest BCUT2D eigenvalue weighted by Gasteiger charge is 2.31. The van der Waals surface area contributed by atoms with Crippen molar-refractivity contribution in [3.8, 4) is 0 Å². The van der Waals surface area contributed by atoms with Gasteiger partial charge in [-0.05, 0) is 29.3 Å². The molecular weight excluding hydrogens is 407 g/mol. The molecule has 24 heavy (non-hydrogen) atoms. The Morgan fingerprint density at radius 3 is 2.79 bits per heavy atom. The van der Waals surface area contributed by atoms with Crippen molar-refractivity contribution in [2.75, 3.05) is 5.32 Å². The number of hydrogen-bond acceptors (Lipinski definition) is 4. The van der Waals surface area contributed by atoms with E-state index in [-0.39, 0.29) is 0 Å². The van der Waals surface area contributed by atoms with Gasteiger partial charge in [-0.2, -0.15) is 0 Å². The molecule has 3 rings (SSSR count). The van der Waals surface area contributed by atoms with E-state index in [1.807, 2.05) is 24.3 Å². The summed E-state index contributed by atoms with van der Waals surface area (Å²) in [6.07, 6.45) is 0. The number of thiocarbonyl (C=S) groups is 1. The van der Waals surface area contributed by atoms with Gasteiger partial charge in [-0.1, -0.05) is 70.9 Å². The van der Waals surface area contributed by atoms with Crippen molar-refractivity contribution < 1.29 is 9.68 Å². The molecular formula is C15H11BCl3NO2S2. The van der Waals surface area contributed by atoms with Crippen LogP contribution in [-0.2, 0) is 17.0 Å². The minimum absolute atomic E-state index is 0.354. The largest absolute Gasteiger partial charge is 0.493 e. The Balaban J connectivity index is 1.65. The second-order valence-electron chi connectivity index (χ2n) is 5.11. The molecule has 2 N–H and O–H groups in total. The number of anilines is 1. The summed E-state index contributed by atoms with van der Waals surface area (Å²) in [5, 5.41) is 14.4. The van der Waals surface area contributed by atoms with E-state index < -0.39 is 7.12 Å². The molecule has 0 amide bonds. The van der Waals surface area contributed by atoms with Gasteiger partial charge in [0.05, 0.1) is 27.4 Å². The third kappa shape index (κ3) is 4.02. The van der Waals surface area contributed by atoms with Crippen molar-refractivity contribution in [3.05, 3.63) is 56.5 Å². The predicted octanol–water partition coefficient (Wildman–Crippen LogP) is 4.49. The molecule has 3 nitrogen and oxygen atoms in total. The number of fused-ring (bicyclic) bond motifs is 1. The molecule has 9 heteroatoms. The fourth-order valence-corrected chi connectivity index (χ4v) is 3.89. The van der Waals surface area contributed by atoms with Gasteiger partial charge in [0.2, 0.25) is 0 Å². The highest BCUT2D eigenvalue weighted by atomic mass is 35.5. The van der Waals surface area contributed by atoms with Gasteiger partial charge >= 0.3 is 7.12 Å². The molecule has 0 bridgehead atoms. The van der Waals surface area contributed by atoms with Crippen LogP contribution >= 0.6 is 58.8 Å². The van der Waals surface area contributed by atoms with Gasteiger partial charge in [0, 0.05) is 11.2 Å². The lowest BCUT2D eigenvalue weighted by molar-refractivity contribution is 0.275. The van der Waals surface area contributed by atoms with Crippen LogP contribution in [0.2, 0.25) is 15.1 Å². The van der Waals surface area contributed by atoms with Gasteiger partial charge in [0.15, 0.2) is 0 Å². The fraction of sp³-hybridized carbons (Fsp3) is 0.133. The normalized spacial score (nSPS) is 13.1. The molecule has 0 unspecified atom stereocenters. The average molecular weight is 419 g/mol. The summed E-state index contributed by atoms with van der Waals surface area (Å²) in [6.45, 7) is 0.354. The highest BCUT2D eigenvalue weighted by molar-refractivity contribution is 8.22. The quantitative estimate of drug-likeness (QED) is 0.568. The summed E-state index contributed by atoms with van der Waals surface area (Å²) in [7, 11) is -0.994. The Bertz CT molecular complexity index is 807. The van der Waals surface area contributed by atoms with Crippen molar-refractivity contribution in [3.63, 3.8) is 0 Å². The second-order valence-corrected chi connectivity index (χ2v) is 7.96. The Labute approximate surface area is 164 Å². The SMILES string of the molecule is OB1OCc2ccc(NC(=S)SCc3ccc(Cl)c(Cl)c3)c(Cl)c21. The van der Waals surface area contributed by atoms with Crippen LogP contribution in [0, 0.1) is 0 Å². The van der Waals surface area contributed by atoms with Crippen LogP contribution in [0.1, 0.15) is 11.1 Å². The zero-order valence-electron chi connectivity index (χ0n) is 12.2. The van der Waals surface area contributed by atoms with Crippen molar-refractivity contribution in [2.24, 2.45) is 0 Å². The maximum atomic E-state index is 9.83. The minimum Gasteiger partial charge on any atom is -0.423 e. The van der Waals surface area contributed by atoms with Crippen LogP contribution in [0.5, 0.6) is 0 Å². The molecule has 0 radical (unpaired) electrons. The van der Waals surface area contributed by atoms with Gasteiger partial charge < -0.3 is 15.0 Å². The number of halogens is 3. The van der Waals surface area contributed by atoms with Gasteiger partial charge in [0.25, 0.3) is 0 Å². The van der Waals surface area contributed by atoms with Crippen LogP contribution in [0.3, 0.4) is 0 Å². The number of thioether (sulfide) groups is 1. The first-order valence-electron chi connectivity index (χ1n) is 6.94. The lowest BCUT2D eigenvalue weighted by Crippen LogP contribution is -2.29. The molecule has 0 aromatic heterocycles. The van der Waals surface area contributed by atoms with Gasteiger partial charge in [-0.15, -0.1) is 0 Å². The fourth-order valence-electron chi connectivity index (χ4n) is 2.30. The van der Waals surface area contributed by atoms with Crippen molar-refractivity contribution in [1.29, 1.82) is 0 Å². The Morgan fingerprint density at radius 1 is 1.25 bits per heavy atom. The molecule has 1 aliphatic rings. The first-order chi connectivity index (χ1) is 11.5. The average Bonchev–Trinajstić information content (AvgIpc) is 2.93. The molecule has 0 saturated heterocycles. The number of rotatable bonds is 3. The summed E-state index contributed by atoms with van der Waals surface area (Å²) in [5.41, 5.74) is 3.14. The molecule has 0 atom stereocenters. The molecule has 1 heterocycles. The molecule has 2 aromatic rings. The Kier molecular flexibility index (Phi) is 5.98. The van der Waals surface area contributed by atoms with Crippen LogP contribution < -0.4 is 10.8 Å². The molecule has 0 spiro atoms. The zero-order chi connectivity index (χ0) is 17.3. The van der Waals surface area contributed by atoms with E-state index in [4.69, 9.17) is 51.7 Å². The van der Waals surface area contributed by atoms with E-state index in [9.17, 15) is 5.02 Å². The van der Waals surface area contributed by atoms with E-state index in [2.05, 4.69) is 5.32 Å². The smallest absolute Gasteiger partial charge is 0.423 e. The molecule has 1 aliphatic heterocycles. The standard InChI is InChI=1S/C15H11BCl3NO2S2/c17-10-3-1-8(5-11(10)18)7-24-15(23)20-12-4-2-9-6-22-16(21)13(9)14(12)19/h1-5,21H,6-7H2,(H,20,23). The number of nitrogens with one attached hydrogen (secondary N) is 1. The Morgan fingerprint density at radius 2 is 2.04 bits per heavy atom. The summed E-state index contributed by atoms with van der Waals surface area (Å²) >= 11 is 25.1. The van der Waals surface area contributed by atoms with E-state index in [0.29, 0.717) is 42.9 Å². The van der Waals surface area contributed by atoms with E-state index >= 15 is 0 Å². The minimum atomic E-state index is -0.994. The molecule has 0 fully saturated rings. The topological polar surface area (TPSA) is 41.5 Å². The predicted molar refractivity (Wildman–Crippen MR) is 108 cm³/mol. The highest BCUT2D eigenvalue weighted by Crippen LogP contribution is 2.28. The van der Waals surface area contributed by atoms with Crippen LogP contribution in [0.25, 0.3) is 0 Å². The second kappa shape index (κ2) is 7.83. The van der Waals surface area contributed by atoms with E-state index in [1.54, 1.807) is 6.07 Å². The van der Waals surface area contributed by atoms with Crippen molar-refractivity contribution in [2.45, 2.75) is 12.4 Å². The van der Waals surface area contributed by atoms with Gasteiger partial charge in [-0.3, -0.25) is 0 Å². The van der Waals surface area contributed by atoms with Gasteiger partial charge in [0.1, 0.15) is 4.32 Å². The summed E-state index contributed by atoms with van der Waals surface area (Å²) in [4.78, 5) is 0. The summed E-state index contributed by atoms with van der Waals surface area (Å²) in [6, 6.07) is 9.17. The van der Waals surface area contributed by atoms with E-state index in [1.165, 1.54) is 11.8 Å². The van der Waals surface area contributed by atoms with Crippen LogP contribution in [-0.4, -0.2) is 16.5 Å². The van der Waals surface area contributed by atoms with Crippen molar-refractivity contribution in [1.82, 2.24) is 0 Å². The molecule has 2 aromatic carbocycles. The Hall–Kier alpha value is -0.465.